The Bertz CT molecular complexity index is 566. The summed E-state index contributed by atoms with van der Waals surface area (Å²) in [6.45, 7) is 7.67. The molecule has 0 amide bonds. The van der Waals surface area contributed by atoms with Crippen LogP contribution in [0.1, 0.15) is 32.6 Å². The molecule has 0 saturated heterocycles. The Balaban J connectivity index is 2.28. The summed E-state index contributed by atoms with van der Waals surface area (Å²) in [6, 6.07) is 7.66. The van der Waals surface area contributed by atoms with Crippen LogP contribution in [0.2, 0.25) is 0 Å². The van der Waals surface area contributed by atoms with Gasteiger partial charge in [-0.2, -0.15) is 0 Å². The van der Waals surface area contributed by atoms with Crippen LogP contribution in [0.25, 0.3) is 0 Å². The van der Waals surface area contributed by atoms with Gasteiger partial charge in [0.25, 0.3) is 0 Å². The van der Waals surface area contributed by atoms with E-state index in [2.05, 4.69) is 4.98 Å². The van der Waals surface area contributed by atoms with Gasteiger partial charge >= 0.3 is 0 Å². The van der Waals surface area contributed by atoms with Gasteiger partial charge in [-0.3, -0.25) is 9.36 Å². The third-order valence-electron chi connectivity index (χ3n) is 3.03. The molecule has 2 rings (SSSR count). The van der Waals surface area contributed by atoms with E-state index in [1.165, 1.54) is 0 Å². The molecule has 106 valence electrons. The minimum Gasteiger partial charge on any atom is -0.463 e. The van der Waals surface area contributed by atoms with E-state index < -0.39 is 11.6 Å². The highest BCUT2D eigenvalue weighted by Crippen LogP contribution is 2.26. The minimum absolute atomic E-state index is 0.0103. The first-order chi connectivity index (χ1) is 9.38. The van der Waals surface area contributed by atoms with Crippen molar-refractivity contribution in [1.82, 2.24) is 9.55 Å². The number of carbonyl (C=O) groups is 1. The minimum atomic E-state index is -0.694. The van der Waals surface area contributed by atoms with Gasteiger partial charge in [-0.05, 0) is 19.1 Å². The van der Waals surface area contributed by atoms with E-state index in [1.54, 1.807) is 23.3 Å². The first-order valence-corrected chi connectivity index (χ1v) is 6.63. The molecule has 0 saturated carbocycles. The molecule has 1 aromatic heterocycles. The molecule has 0 aliphatic rings. The number of hydrogen-bond donors (Lipinski definition) is 0. The highest BCUT2D eigenvalue weighted by molar-refractivity contribution is 5.86. The van der Waals surface area contributed by atoms with Crippen molar-refractivity contribution in [2.75, 3.05) is 0 Å². The summed E-state index contributed by atoms with van der Waals surface area (Å²) in [5.74, 6) is 0.683. The molecule has 20 heavy (non-hydrogen) atoms. The van der Waals surface area contributed by atoms with Crippen LogP contribution < -0.4 is 4.74 Å². The van der Waals surface area contributed by atoms with Gasteiger partial charge in [0.2, 0.25) is 6.23 Å². The standard InChI is InChI=1S/C16H20N2O2/c1-12-5-7-13(8-6-12)20-15(14(19)16(2,3)4)18-10-9-17-11-18/h5-11,15H,1-4H3. The van der Waals surface area contributed by atoms with Gasteiger partial charge in [-0.15, -0.1) is 0 Å². The smallest absolute Gasteiger partial charge is 0.236 e. The van der Waals surface area contributed by atoms with E-state index in [-0.39, 0.29) is 5.78 Å². The average molecular weight is 272 g/mol. The lowest BCUT2D eigenvalue weighted by Gasteiger charge is -2.26. The predicted molar refractivity (Wildman–Crippen MR) is 77.5 cm³/mol. The van der Waals surface area contributed by atoms with E-state index in [0.717, 1.165) is 5.56 Å². The third kappa shape index (κ3) is 3.26. The molecule has 4 nitrogen and oxygen atoms in total. The molecule has 0 fully saturated rings. The van der Waals surface area contributed by atoms with E-state index >= 15 is 0 Å². The summed E-state index contributed by atoms with van der Waals surface area (Å²) in [5, 5.41) is 0. The van der Waals surface area contributed by atoms with Gasteiger partial charge in [-0.25, -0.2) is 4.98 Å². The number of aromatic nitrogens is 2. The van der Waals surface area contributed by atoms with Crippen molar-refractivity contribution in [3.05, 3.63) is 48.5 Å². The van der Waals surface area contributed by atoms with Crippen molar-refractivity contribution >= 4 is 5.78 Å². The number of Topliss-reactive ketones (excluding diaryl/α,β-unsaturated/α-hetero) is 1. The van der Waals surface area contributed by atoms with Gasteiger partial charge in [0.1, 0.15) is 5.75 Å². The van der Waals surface area contributed by atoms with Crippen molar-refractivity contribution < 1.29 is 9.53 Å². The maximum absolute atomic E-state index is 12.6. The molecule has 1 unspecified atom stereocenters. The maximum atomic E-state index is 12.6. The van der Waals surface area contributed by atoms with Crippen molar-refractivity contribution in [3.8, 4) is 5.75 Å². The third-order valence-corrected chi connectivity index (χ3v) is 3.03. The molecule has 1 aromatic carbocycles. The fourth-order valence-corrected chi connectivity index (χ4v) is 1.77. The molecule has 0 radical (unpaired) electrons. The van der Waals surface area contributed by atoms with Gasteiger partial charge in [0, 0.05) is 17.8 Å². The normalized spacial score (nSPS) is 13.0. The van der Waals surface area contributed by atoms with Gasteiger partial charge in [0.05, 0.1) is 6.33 Å². The van der Waals surface area contributed by atoms with E-state index in [1.807, 2.05) is 52.0 Å². The fraction of sp³-hybridized carbons (Fsp3) is 0.375. The summed E-state index contributed by atoms with van der Waals surface area (Å²) >= 11 is 0. The number of imidazole rings is 1. The summed E-state index contributed by atoms with van der Waals surface area (Å²) in [5.41, 5.74) is 0.665. The van der Waals surface area contributed by atoms with Crippen molar-refractivity contribution in [2.24, 2.45) is 5.41 Å². The molecule has 0 spiro atoms. The molecule has 0 bridgehead atoms. The SMILES string of the molecule is Cc1ccc(OC(C(=O)C(C)(C)C)n2ccnc2)cc1. The summed E-state index contributed by atoms with van der Waals surface area (Å²) in [4.78, 5) is 16.6. The second kappa shape index (κ2) is 5.49. The first kappa shape index (κ1) is 14.3. The quantitative estimate of drug-likeness (QED) is 0.857. The maximum Gasteiger partial charge on any atom is 0.236 e. The highest BCUT2D eigenvalue weighted by atomic mass is 16.5. The van der Waals surface area contributed by atoms with Crippen LogP contribution in [0.4, 0.5) is 0 Å². The Morgan fingerprint density at radius 1 is 1.25 bits per heavy atom. The van der Waals surface area contributed by atoms with Crippen molar-refractivity contribution in [1.29, 1.82) is 0 Å². The number of aryl methyl sites for hydroxylation is 1. The average Bonchev–Trinajstić information content (AvgIpc) is 2.90. The zero-order valence-corrected chi connectivity index (χ0v) is 12.3. The van der Waals surface area contributed by atoms with Crippen LogP contribution in [0.3, 0.4) is 0 Å². The lowest BCUT2D eigenvalue weighted by molar-refractivity contribution is -0.137. The number of nitrogens with zero attached hydrogens (tertiary/aromatic N) is 2. The fourth-order valence-electron chi connectivity index (χ4n) is 1.77. The molecular weight excluding hydrogens is 252 g/mol. The molecule has 4 heteroatoms. The summed E-state index contributed by atoms with van der Waals surface area (Å²) in [7, 11) is 0. The predicted octanol–water partition coefficient (Wildman–Crippen LogP) is 3.38. The number of benzene rings is 1. The second-order valence-electron chi connectivity index (χ2n) is 5.91. The molecule has 1 heterocycles. The number of ketones is 1. The Hall–Kier alpha value is -2.10. The first-order valence-electron chi connectivity index (χ1n) is 6.63. The van der Waals surface area contributed by atoms with Crippen molar-refractivity contribution in [3.63, 3.8) is 0 Å². The Labute approximate surface area is 119 Å². The molecule has 0 aliphatic heterocycles. The van der Waals surface area contributed by atoms with Crippen LogP contribution in [0.15, 0.2) is 43.0 Å². The summed E-state index contributed by atoms with van der Waals surface area (Å²) < 4.78 is 7.56. The van der Waals surface area contributed by atoms with E-state index in [9.17, 15) is 4.79 Å². The Morgan fingerprint density at radius 3 is 2.40 bits per heavy atom. The van der Waals surface area contributed by atoms with Crippen LogP contribution in [-0.2, 0) is 4.79 Å². The van der Waals surface area contributed by atoms with E-state index in [0.29, 0.717) is 5.75 Å². The van der Waals surface area contributed by atoms with Gasteiger partial charge in [-0.1, -0.05) is 38.5 Å². The van der Waals surface area contributed by atoms with Crippen molar-refractivity contribution in [2.45, 2.75) is 33.9 Å². The zero-order chi connectivity index (χ0) is 14.8. The van der Waals surface area contributed by atoms with Gasteiger partial charge in [0.15, 0.2) is 5.78 Å². The van der Waals surface area contributed by atoms with Crippen LogP contribution >= 0.6 is 0 Å². The van der Waals surface area contributed by atoms with Crippen LogP contribution in [0.5, 0.6) is 5.75 Å². The highest BCUT2D eigenvalue weighted by Gasteiger charge is 2.32. The van der Waals surface area contributed by atoms with Crippen LogP contribution in [0, 0.1) is 12.3 Å². The zero-order valence-electron chi connectivity index (χ0n) is 12.3. The lowest BCUT2D eigenvalue weighted by Crippen LogP contribution is -2.33. The number of hydrogen-bond acceptors (Lipinski definition) is 3. The largest absolute Gasteiger partial charge is 0.463 e. The Morgan fingerprint density at radius 2 is 1.90 bits per heavy atom. The topological polar surface area (TPSA) is 44.1 Å². The number of ether oxygens (including phenoxy) is 1. The lowest BCUT2D eigenvalue weighted by atomic mass is 9.89. The molecule has 0 N–H and O–H groups in total. The van der Waals surface area contributed by atoms with Crippen LogP contribution in [-0.4, -0.2) is 15.3 Å². The Kier molecular flexibility index (Phi) is 3.93. The molecular formula is C16H20N2O2. The number of rotatable bonds is 4. The monoisotopic (exact) mass is 272 g/mol. The number of carbonyl (C=O) groups excluding carboxylic acids is 1. The second-order valence-corrected chi connectivity index (χ2v) is 5.91. The summed E-state index contributed by atoms with van der Waals surface area (Å²) in [6.07, 6.45) is 4.28. The molecule has 1 atom stereocenters. The van der Waals surface area contributed by atoms with E-state index in [4.69, 9.17) is 4.74 Å². The van der Waals surface area contributed by atoms with Gasteiger partial charge < -0.3 is 4.74 Å². The molecule has 2 aromatic rings. The molecule has 0 aliphatic carbocycles.